The zero-order valence-electron chi connectivity index (χ0n) is 10.7. The summed E-state index contributed by atoms with van der Waals surface area (Å²) >= 11 is 0. The number of hydrogen-bond acceptors (Lipinski definition) is 4. The molecular weight excluding hydrogens is 228 g/mol. The van der Waals surface area contributed by atoms with E-state index in [0.29, 0.717) is 23.9 Å². The number of nitrogens with one attached hydrogen (secondary N) is 1. The van der Waals surface area contributed by atoms with Gasteiger partial charge in [-0.05, 0) is 38.0 Å². The summed E-state index contributed by atoms with van der Waals surface area (Å²) in [4.78, 5) is 11.9. The SMILES string of the molecule is CCOC(=O)c1cc(N)ccc1NC1CCCC1. The van der Waals surface area contributed by atoms with Gasteiger partial charge in [0.2, 0.25) is 0 Å². The lowest BCUT2D eigenvalue weighted by atomic mass is 10.1. The molecule has 3 N–H and O–H groups in total. The Kier molecular flexibility index (Phi) is 4.07. The first-order chi connectivity index (χ1) is 8.70. The van der Waals surface area contributed by atoms with Crippen molar-refractivity contribution in [1.82, 2.24) is 0 Å². The predicted molar refractivity (Wildman–Crippen MR) is 72.7 cm³/mol. The number of esters is 1. The first kappa shape index (κ1) is 12.7. The van der Waals surface area contributed by atoms with E-state index in [1.807, 2.05) is 6.07 Å². The van der Waals surface area contributed by atoms with Gasteiger partial charge >= 0.3 is 5.97 Å². The van der Waals surface area contributed by atoms with Crippen LogP contribution in [0.5, 0.6) is 0 Å². The third kappa shape index (κ3) is 2.94. The maximum atomic E-state index is 11.9. The van der Waals surface area contributed by atoms with Crippen LogP contribution in [0.3, 0.4) is 0 Å². The monoisotopic (exact) mass is 248 g/mol. The zero-order valence-corrected chi connectivity index (χ0v) is 10.7. The molecule has 1 aromatic carbocycles. The normalized spacial score (nSPS) is 15.6. The van der Waals surface area contributed by atoms with Gasteiger partial charge in [0.15, 0.2) is 0 Å². The van der Waals surface area contributed by atoms with Gasteiger partial charge in [-0.15, -0.1) is 0 Å². The van der Waals surface area contributed by atoms with Gasteiger partial charge in [0, 0.05) is 17.4 Å². The summed E-state index contributed by atoms with van der Waals surface area (Å²) in [5, 5.41) is 3.42. The highest BCUT2D eigenvalue weighted by Crippen LogP contribution is 2.26. The van der Waals surface area contributed by atoms with Crippen LogP contribution < -0.4 is 11.1 Å². The molecule has 0 amide bonds. The fourth-order valence-corrected chi connectivity index (χ4v) is 2.36. The Morgan fingerprint density at radius 2 is 2.17 bits per heavy atom. The lowest BCUT2D eigenvalue weighted by Crippen LogP contribution is -2.18. The van der Waals surface area contributed by atoms with Crippen molar-refractivity contribution in [3.63, 3.8) is 0 Å². The number of nitrogen functional groups attached to an aromatic ring is 1. The molecule has 2 rings (SSSR count). The van der Waals surface area contributed by atoms with Crippen LogP contribution in [0.2, 0.25) is 0 Å². The van der Waals surface area contributed by atoms with Crippen LogP contribution in [-0.4, -0.2) is 18.6 Å². The standard InChI is InChI=1S/C14H20N2O2/c1-2-18-14(17)12-9-10(15)7-8-13(12)16-11-5-3-4-6-11/h7-9,11,16H,2-6,15H2,1H3. The number of rotatable bonds is 4. The molecule has 0 saturated heterocycles. The van der Waals surface area contributed by atoms with E-state index in [1.54, 1.807) is 19.1 Å². The predicted octanol–water partition coefficient (Wildman–Crippen LogP) is 2.80. The summed E-state index contributed by atoms with van der Waals surface area (Å²) in [6, 6.07) is 5.80. The van der Waals surface area contributed by atoms with Crippen molar-refractivity contribution >= 4 is 17.3 Å². The van der Waals surface area contributed by atoms with Crippen molar-refractivity contribution in [2.24, 2.45) is 0 Å². The van der Waals surface area contributed by atoms with Crippen molar-refractivity contribution in [3.05, 3.63) is 23.8 Å². The van der Waals surface area contributed by atoms with Crippen LogP contribution in [0.25, 0.3) is 0 Å². The molecule has 4 nitrogen and oxygen atoms in total. The molecule has 1 aliphatic rings. The lowest BCUT2D eigenvalue weighted by Gasteiger charge is -2.16. The van der Waals surface area contributed by atoms with Gasteiger partial charge in [-0.2, -0.15) is 0 Å². The number of carbonyl (C=O) groups excluding carboxylic acids is 1. The summed E-state index contributed by atoms with van der Waals surface area (Å²) in [7, 11) is 0. The van der Waals surface area contributed by atoms with Crippen molar-refractivity contribution in [2.45, 2.75) is 38.6 Å². The highest BCUT2D eigenvalue weighted by molar-refractivity contribution is 5.96. The molecule has 98 valence electrons. The zero-order chi connectivity index (χ0) is 13.0. The van der Waals surface area contributed by atoms with Gasteiger partial charge in [0.25, 0.3) is 0 Å². The topological polar surface area (TPSA) is 64.3 Å². The van der Waals surface area contributed by atoms with Gasteiger partial charge in [-0.1, -0.05) is 12.8 Å². The van der Waals surface area contributed by atoms with Crippen LogP contribution in [-0.2, 0) is 4.74 Å². The Morgan fingerprint density at radius 1 is 1.44 bits per heavy atom. The first-order valence-electron chi connectivity index (χ1n) is 6.54. The van der Waals surface area contributed by atoms with E-state index in [-0.39, 0.29) is 5.97 Å². The van der Waals surface area contributed by atoms with Gasteiger partial charge in [0.1, 0.15) is 0 Å². The Balaban J connectivity index is 2.19. The first-order valence-corrected chi connectivity index (χ1v) is 6.54. The highest BCUT2D eigenvalue weighted by Gasteiger charge is 2.18. The molecule has 4 heteroatoms. The maximum absolute atomic E-state index is 11.9. The summed E-state index contributed by atoms with van der Waals surface area (Å²) in [6.07, 6.45) is 4.82. The number of hydrogen-bond donors (Lipinski definition) is 2. The van der Waals surface area contributed by atoms with Gasteiger partial charge in [0.05, 0.1) is 12.2 Å². The number of benzene rings is 1. The van der Waals surface area contributed by atoms with Crippen LogP contribution in [0.4, 0.5) is 11.4 Å². The van der Waals surface area contributed by atoms with Crippen molar-refractivity contribution in [1.29, 1.82) is 0 Å². The third-order valence-electron chi connectivity index (χ3n) is 3.25. The molecule has 1 aromatic rings. The second kappa shape index (κ2) is 5.76. The minimum absolute atomic E-state index is 0.315. The van der Waals surface area contributed by atoms with E-state index in [0.717, 1.165) is 18.5 Å². The lowest BCUT2D eigenvalue weighted by molar-refractivity contribution is 0.0527. The summed E-state index contributed by atoms with van der Waals surface area (Å²) in [5.74, 6) is -0.315. The van der Waals surface area contributed by atoms with Crippen molar-refractivity contribution in [2.75, 3.05) is 17.7 Å². The fourth-order valence-electron chi connectivity index (χ4n) is 2.36. The van der Waals surface area contributed by atoms with E-state index in [4.69, 9.17) is 10.5 Å². The molecule has 18 heavy (non-hydrogen) atoms. The smallest absolute Gasteiger partial charge is 0.340 e. The molecule has 1 fully saturated rings. The highest BCUT2D eigenvalue weighted by atomic mass is 16.5. The van der Waals surface area contributed by atoms with Crippen molar-refractivity contribution < 1.29 is 9.53 Å². The number of ether oxygens (including phenoxy) is 1. The fraction of sp³-hybridized carbons (Fsp3) is 0.500. The maximum Gasteiger partial charge on any atom is 0.340 e. The largest absolute Gasteiger partial charge is 0.462 e. The number of nitrogens with two attached hydrogens (primary N) is 1. The molecule has 0 aromatic heterocycles. The minimum Gasteiger partial charge on any atom is -0.462 e. The summed E-state index contributed by atoms with van der Waals surface area (Å²) in [5.41, 5.74) is 7.67. The molecule has 0 aliphatic heterocycles. The molecule has 1 aliphatic carbocycles. The third-order valence-corrected chi connectivity index (χ3v) is 3.25. The Morgan fingerprint density at radius 3 is 2.83 bits per heavy atom. The van der Waals surface area contributed by atoms with Gasteiger partial charge in [-0.25, -0.2) is 4.79 Å². The van der Waals surface area contributed by atoms with Gasteiger partial charge in [-0.3, -0.25) is 0 Å². The van der Waals surface area contributed by atoms with E-state index in [9.17, 15) is 4.79 Å². The van der Waals surface area contributed by atoms with Crippen molar-refractivity contribution in [3.8, 4) is 0 Å². The molecule has 0 spiro atoms. The second-order valence-corrected chi connectivity index (χ2v) is 4.65. The molecule has 1 saturated carbocycles. The van der Waals surface area contributed by atoms with Crippen LogP contribution in [0.1, 0.15) is 43.0 Å². The average molecular weight is 248 g/mol. The summed E-state index contributed by atoms with van der Waals surface area (Å²) in [6.45, 7) is 2.17. The molecule has 0 unspecified atom stereocenters. The van der Waals surface area contributed by atoms with E-state index in [1.165, 1.54) is 12.8 Å². The number of anilines is 2. The summed E-state index contributed by atoms with van der Waals surface area (Å²) < 4.78 is 5.05. The van der Waals surface area contributed by atoms with E-state index < -0.39 is 0 Å². The molecule has 0 atom stereocenters. The van der Waals surface area contributed by atoms with Crippen LogP contribution in [0, 0.1) is 0 Å². The van der Waals surface area contributed by atoms with Crippen LogP contribution >= 0.6 is 0 Å². The Labute approximate surface area is 108 Å². The molecular formula is C14H20N2O2. The van der Waals surface area contributed by atoms with E-state index >= 15 is 0 Å². The second-order valence-electron chi connectivity index (χ2n) is 4.65. The molecule has 0 radical (unpaired) electrons. The quantitative estimate of drug-likeness (QED) is 0.635. The van der Waals surface area contributed by atoms with Gasteiger partial charge < -0.3 is 15.8 Å². The molecule has 0 heterocycles. The Bertz CT molecular complexity index is 426. The molecule has 0 bridgehead atoms. The average Bonchev–Trinajstić information content (AvgIpc) is 2.84. The van der Waals surface area contributed by atoms with E-state index in [2.05, 4.69) is 5.32 Å². The minimum atomic E-state index is -0.315. The Hall–Kier alpha value is -1.71. The number of carbonyl (C=O) groups is 1. The van der Waals surface area contributed by atoms with Crippen LogP contribution in [0.15, 0.2) is 18.2 Å².